The summed E-state index contributed by atoms with van der Waals surface area (Å²) in [5, 5.41) is 9.62. The molecule has 0 fully saturated rings. The minimum absolute atomic E-state index is 0.401. The maximum atomic E-state index is 9.62. The van der Waals surface area contributed by atoms with Gasteiger partial charge in [-0.3, -0.25) is 0 Å². The van der Waals surface area contributed by atoms with E-state index in [4.69, 9.17) is 4.74 Å². The molecule has 1 unspecified atom stereocenters. The lowest BCUT2D eigenvalue weighted by Gasteiger charge is -2.22. The molecule has 3 nitrogen and oxygen atoms in total. The van der Waals surface area contributed by atoms with Gasteiger partial charge in [0.15, 0.2) is 0 Å². The fraction of sp³-hybridized carbons (Fsp3) is 0.444. The molecule has 0 bridgehead atoms. The molecule has 1 aliphatic heterocycles. The SMILES string of the molecule is Cc1ccnc2c1C(O)CCO2. The summed E-state index contributed by atoms with van der Waals surface area (Å²) in [5.74, 6) is 0.591. The molecule has 0 aliphatic carbocycles. The Kier molecular flexibility index (Phi) is 1.73. The van der Waals surface area contributed by atoms with Crippen LogP contribution in [-0.2, 0) is 0 Å². The third-order valence-electron chi connectivity index (χ3n) is 2.13. The first-order valence-corrected chi connectivity index (χ1v) is 4.05. The summed E-state index contributed by atoms with van der Waals surface area (Å²) >= 11 is 0. The predicted molar refractivity (Wildman–Crippen MR) is 44.0 cm³/mol. The number of aromatic nitrogens is 1. The van der Waals surface area contributed by atoms with Gasteiger partial charge in [0.25, 0.3) is 0 Å². The second-order valence-electron chi connectivity index (χ2n) is 3.00. The number of hydrogen-bond acceptors (Lipinski definition) is 3. The number of aliphatic hydroxyl groups is 1. The molecule has 0 saturated heterocycles. The summed E-state index contributed by atoms with van der Waals surface area (Å²) in [6.07, 6.45) is 1.97. The number of rotatable bonds is 0. The number of nitrogens with zero attached hydrogens (tertiary/aromatic N) is 1. The molecule has 1 aliphatic rings. The summed E-state index contributed by atoms with van der Waals surface area (Å²) < 4.78 is 5.30. The van der Waals surface area contributed by atoms with E-state index in [1.807, 2.05) is 13.0 Å². The number of pyridine rings is 1. The predicted octanol–water partition coefficient (Wildman–Crippen LogP) is 1.21. The molecule has 12 heavy (non-hydrogen) atoms. The molecule has 0 saturated carbocycles. The van der Waals surface area contributed by atoms with Crippen molar-refractivity contribution < 1.29 is 9.84 Å². The topological polar surface area (TPSA) is 42.4 Å². The molecule has 1 N–H and O–H groups in total. The summed E-state index contributed by atoms with van der Waals surface area (Å²) in [6, 6.07) is 1.89. The van der Waals surface area contributed by atoms with Gasteiger partial charge in [0.1, 0.15) is 0 Å². The summed E-state index contributed by atoms with van der Waals surface area (Å²) in [7, 11) is 0. The highest BCUT2D eigenvalue weighted by Crippen LogP contribution is 2.31. The molecular weight excluding hydrogens is 154 g/mol. The van der Waals surface area contributed by atoms with Crippen LogP contribution < -0.4 is 4.74 Å². The Balaban J connectivity index is 2.53. The number of aryl methyl sites for hydroxylation is 1. The Morgan fingerprint density at radius 3 is 3.25 bits per heavy atom. The van der Waals surface area contributed by atoms with E-state index < -0.39 is 6.10 Å². The average Bonchev–Trinajstić information content (AvgIpc) is 2.04. The number of ether oxygens (including phenoxy) is 1. The van der Waals surface area contributed by atoms with Gasteiger partial charge in [0.2, 0.25) is 5.88 Å². The van der Waals surface area contributed by atoms with E-state index in [1.165, 1.54) is 0 Å². The van der Waals surface area contributed by atoms with Gasteiger partial charge in [-0.05, 0) is 18.6 Å². The number of fused-ring (bicyclic) bond motifs is 1. The molecule has 0 spiro atoms. The summed E-state index contributed by atoms with van der Waals surface area (Å²) in [4.78, 5) is 4.05. The van der Waals surface area contributed by atoms with Crippen LogP contribution in [0.25, 0.3) is 0 Å². The van der Waals surface area contributed by atoms with E-state index in [2.05, 4.69) is 4.98 Å². The summed E-state index contributed by atoms with van der Waals surface area (Å²) in [6.45, 7) is 2.52. The van der Waals surface area contributed by atoms with Crippen molar-refractivity contribution in [1.82, 2.24) is 4.98 Å². The second kappa shape index (κ2) is 2.75. The first kappa shape index (κ1) is 7.55. The van der Waals surface area contributed by atoms with Crippen molar-refractivity contribution in [1.29, 1.82) is 0 Å². The Bertz CT molecular complexity index is 299. The molecule has 1 aromatic rings. The van der Waals surface area contributed by atoms with Gasteiger partial charge in [-0.1, -0.05) is 0 Å². The Labute approximate surface area is 71.0 Å². The quantitative estimate of drug-likeness (QED) is 0.628. The van der Waals surface area contributed by atoms with Crippen molar-refractivity contribution in [2.75, 3.05) is 6.61 Å². The molecule has 0 amide bonds. The van der Waals surface area contributed by atoms with Crippen LogP contribution in [0.15, 0.2) is 12.3 Å². The number of aliphatic hydroxyl groups excluding tert-OH is 1. The van der Waals surface area contributed by atoms with Crippen LogP contribution in [0.2, 0.25) is 0 Å². The van der Waals surface area contributed by atoms with Gasteiger partial charge in [0, 0.05) is 18.2 Å². The molecule has 2 rings (SSSR count). The van der Waals surface area contributed by atoms with Crippen LogP contribution in [0.4, 0.5) is 0 Å². The minimum Gasteiger partial charge on any atom is -0.477 e. The van der Waals surface area contributed by atoms with Crippen molar-refractivity contribution in [3.63, 3.8) is 0 Å². The zero-order valence-electron chi connectivity index (χ0n) is 6.95. The Hall–Kier alpha value is -1.09. The molecule has 1 atom stereocenters. The molecule has 3 heteroatoms. The van der Waals surface area contributed by atoms with E-state index in [9.17, 15) is 5.11 Å². The van der Waals surface area contributed by atoms with Crippen LogP contribution in [0.3, 0.4) is 0 Å². The molecule has 1 aromatic heterocycles. The largest absolute Gasteiger partial charge is 0.477 e. The number of hydrogen-bond donors (Lipinski definition) is 1. The first-order valence-electron chi connectivity index (χ1n) is 4.05. The Morgan fingerprint density at radius 2 is 2.50 bits per heavy atom. The highest BCUT2D eigenvalue weighted by Gasteiger charge is 2.21. The van der Waals surface area contributed by atoms with Gasteiger partial charge in [-0.15, -0.1) is 0 Å². The van der Waals surface area contributed by atoms with E-state index in [-0.39, 0.29) is 0 Å². The van der Waals surface area contributed by atoms with Crippen molar-refractivity contribution in [3.8, 4) is 5.88 Å². The van der Waals surface area contributed by atoms with Gasteiger partial charge in [-0.2, -0.15) is 0 Å². The standard InChI is InChI=1S/C9H11NO2/c1-6-2-4-10-9-8(6)7(11)3-5-12-9/h2,4,7,11H,3,5H2,1H3. The highest BCUT2D eigenvalue weighted by molar-refractivity contribution is 5.36. The fourth-order valence-electron chi connectivity index (χ4n) is 1.48. The average molecular weight is 165 g/mol. The maximum absolute atomic E-state index is 9.62. The van der Waals surface area contributed by atoms with Gasteiger partial charge in [-0.25, -0.2) is 4.98 Å². The van der Waals surface area contributed by atoms with Crippen LogP contribution in [0.5, 0.6) is 5.88 Å². The lowest BCUT2D eigenvalue weighted by molar-refractivity contribution is 0.111. The maximum Gasteiger partial charge on any atom is 0.219 e. The highest BCUT2D eigenvalue weighted by atomic mass is 16.5. The lowest BCUT2D eigenvalue weighted by Crippen LogP contribution is -2.15. The molecule has 0 aromatic carbocycles. The van der Waals surface area contributed by atoms with Gasteiger partial charge >= 0.3 is 0 Å². The molecule has 64 valence electrons. The molecule has 2 heterocycles. The van der Waals surface area contributed by atoms with Crippen LogP contribution in [0, 0.1) is 6.92 Å². The van der Waals surface area contributed by atoms with E-state index in [0.717, 1.165) is 11.1 Å². The van der Waals surface area contributed by atoms with E-state index in [0.29, 0.717) is 18.9 Å². The van der Waals surface area contributed by atoms with Crippen molar-refractivity contribution in [3.05, 3.63) is 23.4 Å². The first-order chi connectivity index (χ1) is 5.79. The fourth-order valence-corrected chi connectivity index (χ4v) is 1.48. The third kappa shape index (κ3) is 1.06. The monoisotopic (exact) mass is 165 g/mol. The second-order valence-corrected chi connectivity index (χ2v) is 3.00. The normalized spacial score (nSPS) is 21.3. The van der Waals surface area contributed by atoms with Crippen molar-refractivity contribution in [2.45, 2.75) is 19.4 Å². The third-order valence-corrected chi connectivity index (χ3v) is 2.13. The molecule has 0 radical (unpaired) electrons. The van der Waals surface area contributed by atoms with Crippen LogP contribution >= 0.6 is 0 Å². The Morgan fingerprint density at radius 1 is 1.67 bits per heavy atom. The lowest BCUT2D eigenvalue weighted by atomic mass is 10.0. The minimum atomic E-state index is -0.401. The molecular formula is C9H11NO2. The van der Waals surface area contributed by atoms with E-state index >= 15 is 0 Å². The smallest absolute Gasteiger partial charge is 0.219 e. The van der Waals surface area contributed by atoms with E-state index in [1.54, 1.807) is 6.20 Å². The zero-order chi connectivity index (χ0) is 8.55. The van der Waals surface area contributed by atoms with Gasteiger partial charge < -0.3 is 9.84 Å². The van der Waals surface area contributed by atoms with Crippen LogP contribution in [0.1, 0.15) is 23.7 Å². The zero-order valence-corrected chi connectivity index (χ0v) is 6.95. The van der Waals surface area contributed by atoms with Gasteiger partial charge in [0.05, 0.1) is 12.7 Å². The van der Waals surface area contributed by atoms with Crippen molar-refractivity contribution >= 4 is 0 Å². The summed E-state index contributed by atoms with van der Waals surface area (Å²) in [5.41, 5.74) is 1.90. The van der Waals surface area contributed by atoms with Crippen molar-refractivity contribution in [2.24, 2.45) is 0 Å². The van der Waals surface area contributed by atoms with Crippen LogP contribution in [-0.4, -0.2) is 16.7 Å².